The summed E-state index contributed by atoms with van der Waals surface area (Å²) in [7, 11) is 0. The van der Waals surface area contributed by atoms with E-state index >= 15 is 0 Å². The van der Waals surface area contributed by atoms with Crippen LogP contribution >= 0.6 is 0 Å². The molecule has 3 heteroatoms. The summed E-state index contributed by atoms with van der Waals surface area (Å²) in [4.78, 5) is 2.65. The molecule has 3 nitrogen and oxygen atoms in total. The summed E-state index contributed by atoms with van der Waals surface area (Å²) in [5.41, 5.74) is 5.90. The molecule has 1 heterocycles. The van der Waals surface area contributed by atoms with Crippen molar-refractivity contribution in [3.63, 3.8) is 0 Å². The third-order valence-electron chi connectivity index (χ3n) is 5.20. The van der Waals surface area contributed by atoms with Crippen molar-refractivity contribution in [2.24, 2.45) is 17.6 Å². The van der Waals surface area contributed by atoms with Crippen LogP contribution in [0.15, 0.2) is 0 Å². The number of rotatable bonds is 3. The van der Waals surface area contributed by atoms with Crippen LogP contribution in [0, 0.1) is 11.8 Å². The van der Waals surface area contributed by atoms with E-state index in [9.17, 15) is 5.11 Å². The Morgan fingerprint density at radius 3 is 2.67 bits per heavy atom. The second-order valence-corrected chi connectivity index (χ2v) is 6.89. The molecule has 1 saturated carbocycles. The Balaban J connectivity index is 1.87. The summed E-state index contributed by atoms with van der Waals surface area (Å²) in [6.07, 6.45) is 7.19. The number of hydrogen-bond donors (Lipinski definition) is 2. The van der Waals surface area contributed by atoms with Crippen molar-refractivity contribution < 1.29 is 5.11 Å². The molecule has 0 aromatic carbocycles. The summed E-state index contributed by atoms with van der Waals surface area (Å²) < 4.78 is 0. The highest BCUT2D eigenvalue weighted by molar-refractivity contribution is 4.97. The first-order valence-electron chi connectivity index (χ1n) is 7.68. The Kier molecular flexibility index (Phi) is 4.68. The molecule has 3 N–H and O–H groups in total. The molecule has 0 amide bonds. The second-order valence-electron chi connectivity index (χ2n) is 6.89. The van der Waals surface area contributed by atoms with Crippen molar-refractivity contribution >= 4 is 0 Å². The number of aliphatic hydroxyl groups is 1. The number of nitrogens with two attached hydrogens (primary N) is 1. The topological polar surface area (TPSA) is 49.5 Å². The van der Waals surface area contributed by atoms with Crippen molar-refractivity contribution in [3.8, 4) is 0 Å². The minimum absolute atomic E-state index is 0.145. The van der Waals surface area contributed by atoms with Crippen molar-refractivity contribution in [1.29, 1.82) is 0 Å². The Morgan fingerprint density at radius 2 is 2.06 bits per heavy atom. The minimum Gasteiger partial charge on any atom is -0.394 e. The molecule has 2 aliphatic rings. The van der Waals surface area contributed by atoms with Crippen LogP contribution in [0.5, 0.6) is 0 Å². The molecule has 2 rings (SSSR count). The van der Waals surface area contributed by atoms with E-state index in [0.717, 1.165) is 24.7 Å². The first-order chi connectivity index (χ1) is 8.54. The molecular weight excluding hydrogens is 224 g/mol. The number of aliphatic hydroxyl groups excluding tert-OH is 1. The molecule has 2 fully saturated rings. The SMILES string of the molecule is CC(C)C1CCCN(C2CCC(N)(CO)C2)CC1. The van der Waals surface area contributed by atoms with E-state index in [2.05, 4.69) is 18.7 Å². The fourth-order valence-electron chi connectivity index (χ4n) is 3.76. The van der Waals surface area contributed by atoms with E-state index in [1.807, 2.05) is 0 Å². The van der Waals surface area contributed by atoms with Crippen LogP contribution in [0.2, 0.25) is 0 Å². The molecule has 0 spiro atoms. The molecule has 0 radical (unpaired) electrons. The zero-order valence-corrected chi connectivity index (χ0v) is 12.1. The molecule has 0 aromatic rings. The molecule has 106 valence electrons. The summed E-state index contributed by atoms with van der Waals surface area (Å²) in [5.74, 6) is 1.72. The lowest BCUT2D eigenvalue weighted by molar-refractivity contribution is 0.166. The fourth-order valence-corrected chi connectivity index (χ4v) is 3.76. The van der Waals surface area contributed by atoms with Gasteiger partial charge in [0.1, 0.15) is 0 Å². The quantitative estimate of drug-likeness (QED) is 0.810. The zero-order chi connectivity index (χ0) is 13.2. The van der Waals surface area contributed by atoms with Crippen LogP contribution in [-0.4, -0.2) is 41.3 Å². The van der Waals surface area contributed by atoms with Gasteiger partial charge in [-0.05, 0) is 63.5 Å². The maximum atomic E-state index is 9.37. The van der Waals surface area contributed by atoms with Gasteiger partial charge < -0.3 is 15.7 Å². The van der Waals surface area contributed by atoms with E-state index in [1.165, 1.54) is 38.8 Å². The molecule has 0 bridgehead atoms. The molecule has 3 atom stereocenters. The smallest absolute Gasteiger partial charge is 0.0611 e. The Labute approximate surface area is 112 Å². The second kappa shape index (κ2) is 5.89. The van der Waals surface area contributed by atoms with Gasteiger partial charge in [-0.2, -0.15) is 0 Å². The van der Waals surface area contributed by atoms with Gasteiger partial charge in [-0.15, -0.1) is 0 Å². The molecule has 1 aliphatic carbocycles. The molecule has 18 heavy (non-hydrogen) atoms. The number of likely N-dealkylation sites (tertiary alicyclic amines) is 1. The molecule has 1 aliphatic heterocycles. The van der Waals surface area contributed by atoms with Gasteiger partial charge in [-0.1, -0.05) is 13.8 Å². The largest absolute Gasteiger partial charge is 0.394 e. The van der Waals surface area contributed by atoms with E-state index < -0.39 is 0 Å². The van der Waals surface area contributed by atoms with Crippen LogP contribution in [0.4, 0.5) is 0 Å². The predicted octanol–water partition coefficient (Wildman–Crippen LogP) is 1.99. The zero-order valence-electron chi connectivity index (χ0n) is 12.1. The lowest BCUT2D eigenvalue weighted by Crippen LogP contribution is -2.43. The average Bonchev–Trinajstić information content (AvgIpc) is 2.60. The lowest BCUT2D eigenvalue weighted by atomic mass is 9.89. The predicted molar refractivity (Wildman–Crippen MR) is 75.4 cm³/mol. The lowest BCUT2D eigenvalue weighted by Gasteiger charge is -2.29. The van der Waals surface area contributed by atoms with E-state index in [1.54, 1.807) is 0 Å². The Bertz CT molecular complexity index is 269. The molecule has 1 saturated heterocycles. The Morgan fingerprint density at radius 1 is 1.28 bits per heavy atom. The first kappa shape index (κ1) is 14.3. The van der Waals surface area contributed by atoms with Gasteiger partial charge in [0.2, 0.25) is 0 Å². The van der Waals surface area contributed by atoms with E-state index in [-0.39, 0.29) is 12.1 Å². The van der Waals surface area contributed by atoms with E-state index in [0.29, 0.717) is 6.04 Å². The van der Waals surface area contributed by atoms with Crippen LogP contribution in [0.25, 0.3) is 0 Å². The normalized spacial score (nSPS) is 39.2. The monoisotopic (exact) mass is 254 g/mol. The Hall–Kier alpha value is -0.120. The van der Waals surface area contributed by atoms with Crippen molar-refractivity contribution in [2.75, 3.05) is 19.7 Å². The van der Waals surface area contributed by atoms with Gasteiger partial charge in [0.05, 0.1) is 6.61 Å². The van der Waals surface area contributed by atoms with Crippen LogP contribution < -0.4 is 5.73 Å². The maximum absolute atomic E-state index is 9.37. The van der Waals surface area contributed by atoms with Crippen LogP contribution in [0.3, 0.4) is 0 Å². The van der Waals surface area contributed by atoms with Gasteiger partial charge in [0, 0.05) is 11.6 Å². The third-order valence-corrected chi connectivity index (χ3v) is 5.20. The van der Waals surface area contributed by atoms with Crippen LogP contribution in [-0.2, 0) is 0 Å². The summed E-state index contributed by atoms with van der Waals surface area (Å²) >= 11 is 0. The van der Waals surface area contributed by atoms with Gasteiger partial charge in [0.25, 0.3) is 0 Å². The summed E-state index contributed by atoms with van der Waals surface area (Å²) in [5, 5.41) is 9.37. The molecular formula is C15H30N2O. The van der Waals surface area contributed by atoms with Crippen molar-refractivity contribution in [3.05, 3.63) is 0 Å². The highest BCUT2D eigenvalue weighted by Crippen LogP contribution is 2.33. The van der Waals surface area contributed by atoms with Gasteiger partial charge in [0.15, 0.2) is 0 Å². The minimum atomic E-state index is -0.297. The molecule has 0 aromatic heterocycles. The van der Waals surface area contributed by atoms with Gasteiger partial charge in [-0.25, -0.2) is 0 Å². The van der Waals surface area contributed by atoms with Crippen LogP contribution in [0.1, 0.15) is 52.4 Å². The number of hydrogen-bond acceptors (Lipinski definition) is 3. The highest BCUT2D eigenvalue weighted by atomic mass is 16.3. The van der Waals surface area contributed by atoms with Crippen molar-refractivity contribution in [2.45, 2.75) is 64.0 Å². The average molecular weight is 254 g/mol. The summed E-state index contributed by atoms with van der Waals surface area (Å²) in [6.45, 7) is 7.31. The highest BCUT2D eigenvalue weighted by Gasteiger charge is 2.38. The summed E-state index contributed by atoms with van der Waals surface area (Å²) in [6, 6.07) is 0.619. The maximum Gasteiger partial charge on any atom is 0.0611 e. The van der Waals surface area contributed by atoms with Gasteiger partial charge in [-0.3, -0.25) is 0 Å². The third kappa shape index (κ3) is 3.25. The first-order valence-corrected chi connectivity index (χ1v) is 7.68. The molecule has 3 unspecified atom stereocenters. The standard InChI is InChI=1S/C15H30N2O/c1-12(2)13-4-3-8-17(9-6-13)14-5-7-15(16,10-14)11-18/h12-14,18H,3-11,16H2,1-2H3. The van der Waals surface area contributed by atoms with Crippen molar-refractivity contribution in [1.82, 2.24) is 4.90 Å². The van der Waals surface area contributed by atoms with E-state index in [4.69, 9.17) is 5.73 Å². The number of nitrogens with zero attached hydrogens (tertiary/aromatic N) is 1. The van der Waals surface area contributed by atoms with Gasteiger partial charge >= 0.3 is 0 Å². The fraction of sp³-hybridized carbons (Fsp3) is 1.00.